The van der Waals surface area contributed by atoms with Crippen molar-refractivity contribution in [3.63, 3.8) is 0 Å². The van der Waals surface area contributed by atoms with Gasteiger partial charge in [-0.05, 0) is 50.3 Å². The van der Waals surface area contributed by atoms with Crippen molar-refractivity contribution >= 4 is 10.9 Å². The highest BCUT2D eigenvalue weighted by molar-refractivity contribution is 5.81. The topological polar surface area (TPSA) is 4.93 Å². The van der Waals surface area contributed by atoms with E-state index < -0.39 is 0 Å². The second-order valence-corrected chi connectivity index (χ2v) is 4.91. The minimum Gasteiger partial charge on any atom is -0.342 e. The minimum absolute atomic E-state index is 0.204. The van der Waals surface area contributed by atoms with Crippen LogP contribution in [0, 0.1) is 6.92 Å². The maximum absolute atomic E-state index is 2.38. The first-order valence-corrected chi connectivity index (χ1v) is 5.63. The Morgan fingerprint density at radius 3 is 2.60 bits per heavy atom. The summed E-state index contributed by atoms with van der Waals surface area (Å²) in [5.41, 5.74) is 2.88. The second kappa shape index (κ2) is 3.41. The zero-order valence-electron chi connectivity index (χ0n) is 10.0. The summed E-state index contributed by atoms with van der Waals surface area (Å²) in [6, 6.07) is 8.84. The van der Waals surface area contributed by atoms with Gasteiger partial charge in [-0.2, -0.15) is 0 Å². The van der Waals surface area contributed by atoms with Gasteiger partial charge >= 0.3 is 0 Å². The van der Waals surface area contributed by atoms with Gasteiger partial charge in [0.05, 0.1) is 0 Å². The van der Waals surface area contributed by atoms with Gasteiger partial charge in [0.15, 0.2) is 0 Å². The van der Waals surface area contributed by atoms with Gasteiger partial charge in [0.25, 0.3) is 0 Å². The predicted octanol–water partition coefficient (Wildman–Crippen LogP) is 4.09. The summed E-state index contributed by atoms with van der Waals surface area (Å²) in [6.07, 6.45) is 3.35. The Bertz CT molecular complexity index is 477. The van der Waals surface area contributed by atoms with Crippen LogP contribution in [0.1, 0.15) is 32.8 Å². The Balaban J connectivity index is 2.67. The number of aromatic nitrogens is 1. The third-order valence-electron chi connectivity index (χ3n) is 3.37. The van der Waals surface area contributed by atoms with Crippen molar-refractivity contribution in [1.29, 1.82) is 0 Å². The molecule has 1 aromatic carbocycles. The lowest BCUT2D eigenvalue weighted by Gasteiger charge is -2.26. The number of benzene rings is 1. The molecule has 0 spiro atoms. The van der Waals surface area contributed by atoms with Crippen molar-refractivity contribution in [3.05, 3.63) is 36.0 Å². The third-order valence-corrected chi connectivity index (χ3v) is 3.37. The largest absolute Gasteiger partial charge is 0.342 e. The molecular formula is C14H19N. The van der Waals surface area contributed by atoms with Crippen molar-refractivity contribution in [2.75, 3.05) is 0 Å². The molecule has 0 aliphatic rings. The fourth-order valence-electron chi connectivity index (χ4n) is 1.94. The Labute approximate surface area is 91.7 Å². The lowest BCUT2D eigenvalue weighted by molar-refractivity contribution is 0.354. The average Bonchev–Trinajstić information content (AvgIpc) is 2.61. The summed E-state index contributed by atoms with van der Waals surface area (Å²) in [6.45, 7) is 8.96. The van der Waals surface area contributed by atoms with Gasteiger partial charge in [0, 0.05) is 17.3 Å². The van der Waals surface area contributed by atoms with E-state index in [1.807, 2.05) is 0 Å². The Hall–Kier alpha value is -1.24. The van der Waals surface area contributed by atoms with Gasteiger partial charge in [-0.3, -0.25) is 0 Å². The van der Waals surface area contributed by atoms with E-state index in [1.54, 1.807) is 0 Å². The smallest absolute Gasteiger partial charge is 0.0487 e. The molecule has 0 saturated carbocycles. The summed E-state index contributed by atoms with van der Waals surface area (Å²) in [5, 5.41) is 1.34. The molecule has 0 radical (unpaired) electrons. The first kappa shape index (κ1) is 10.3. The van der Waals surface area contributed by atoms with Crippen molar-refractivity contribution < 1.29 is 0 Å². The lowest BCUT2D eigenvalue weighted by atomic mass is 10.0. The Morgan fingerprint density at radius 2 is 1.93 bits per heavy atom. The fraction of sp³-hybridized carbons (Fsp3) is 0.429. The van der Waals surface area contributed by atoms with Crippen LogP contribution in [0.3, 0.4) is 0 Å². The molecule has 80 valence electrons. The van der Waals surface area contributed by atoms with E-state index >= 15 is 0 Å². The van der Waals surface area contributed by atoms with Crippen LogP contribution in [0.25, 0.3) is 10.9 Å². The van der Waals surface area contributed by atoms with Crippen LogP contribution in [-0.2, 0) is 5.54 Å². The number of nitrogens with zero attached hydrogens (tertiary/aromatic N) is 1. The van der Waals surface area contributed by atoms with Crippen LogP contribution >= 0.6 is 0 Å². The maximum atomic E-state index is 2.38. The van der Waals surface area contributed by atoms with Crippen molar-refractivity contribution in [2.24, 2.45) is 0 Å². The highest BCUT2D eigenvalue weighted by atomic mass is 15.0. The molecule has 0 bridgehead atoms. The van der Waals surface area contributed by atoms with E-state index in [0.29, 0.717) is 0 Å². The van der Waals surface area contributed by atoms with Crippen molar-refractivity contribution in [2.45, 2.75) is 39.7 Å². The molecule has 0 N–H and O–H groups in total. The first-order valence-electron chi connectivity index (χ1n) is 5.63. The number of rotatable bonds is 2. The van der Waals surface area contributed by atoms with E-state index in [-0.39, 0.29) is 5.54 Å². The minimum atomic E-state index is 0.204. The van der Waals surface area contributed by atoms with Gasteiger partial charge in [0.1, 0.15) is 0 Å². The number of hydrogen-bond acceptors (Lipinski definition) is 0. The molecule has 2 rings (SSSR count). The fourth-order valence-corrected chi connectivity index (χ4v) is 1.94. The molecule has 15 heavy (non-hydrogen) atoms. The zero-order chi connectivity index (χ0) is 11.1. The summed E-state index contributed by atoms with van der Waals surface area (Å²) in [4.78, 5) is 0. The third kappa shape index (κ3) is 1.67. The van der Waals surface area contributed by atoms with Crippen LogP contribution in [0.15, 0.2) is 30.5 Å². The number of hydrogen-bond donors (Lipinski definition) is 0. The zero-order valence-corrected chi connectivity index (χ0v) is 10.0. The summed E-state index contributed by atoms with van der Waals surface area (Å²) < 4.78 is 2.38. The van der Waals surface area contributed by atoms with Gasteiger partial charge < -0.3 is 4.57 Å². The molecule has 0 saturated heterocycles. The molecule has 2 aromatic rings. The van der Waals surface area contributed by atoms with Gasteiger partial charge in [-0.1, -0.05) is 19.1 Å². The van der Waals surface area contributed by atoms with Gasteiger partial charge in [-0.25, -0.2) is 0 Å². The molecule has 0 atom stereocenters. The van der Waals surface area contributed by atoms with E-state index in [2.05, 4.69) is 62.7 Å². The molecule has 0 unspecified atom stereocenters. The molecule has 0 fully saturated rings. The van der Waals surface area contributed by atoms with Crippen molar-refractivity contribution in [3.8, 4) is 0 Å². The summed E-state index contributed by atoms with van der Waals surface area (Å²) in [5.74, 6) is 0. The molecule has 0 aliphatic heterocycles. The Morgan fingerprint density at radius 1 is 1.20 bits per heavy atom. The average molecular weight is 201 g/mol. The summed E-state index contributed by atoms with van der Waals surface area (Å²) in [7, 11) is 0. The molecule has 1 heteroatoms. The quantitative estimate of drug-likeness (QED) is 0.689. The van der Waals surface area contributed by atoms with E-state index in [1.165, 1.54) is 16.5 Å². The van der Waals surface area contributed by atoms with Gasteiger partial charge in [-0.15, -0.1) is 0 Å². The highest BCUT2D eigenvalue weighted by Gasteiger charge is 2.18. The predicted molar refractivity (Wildman–Crippen MR) is 66.3 cm³/mol. The van der Waals surface area contributed by atoms with Gasteiger partial charge in [0.2, 0.25) is 0 Å². The van der Waals surface area contributed by atoms with Crippen molar-refractivity contribution in [1.82, 2.24) is 4.57 Å². The van der Waals surface area contributed by atoms with Crippen LogP contribution in [0.4, 0.5) is 0 Å². The normalized spacial score (nSPS) is 12.3. The maximum Gasteiger partial charge on any atom is 0.0487 e. The molecule has 0 amide bonds. The van der Waals surface area contributed by atoms with Crippen LogP contribution in [0.2, 0.25) is 0 Å². The van der Waals surface area contributed by atoms with E-state index in [0.717, 1.165) is 6.42 Å². The standard InChI is InChI=1S/C14H19N/c1-5-14(3,4)15-9-8-12-7-6-11(2)10-13(12)15/h6-10H,5H2,1-4H3. The highest BCUT2D eigenvalue weighted by Crippen LogP contribution is 2.27. The van der Waals surface area contributed by atoms with Crippen LogP contribution < -0.4 is 0 Å². The van der Waals surface area contributed by atoms with Crippen LogP contribution in [-0.4, -0.2) is 4.57 Å². The van der Waals surface area contributed by atoms with Crippen LogP contribution in [0.5, 0.6) is 0 Å². The molecule has 1 aromatic heterocycles. The van der Waals surface area contributed by atoms with E-state index in [4.69, 9.17) is 0 Å². The van der Waals surface area contributed by atoms with E-state index in [9.17, 15) is 0 Å². The lowest BCUT2D eigenvalue weighted by Crippen LogP contribution is -2.23. The molecule has 1 heterocycles. The monoisotopic (exact) mass is 201 g/mol. The molecule has 1 nitrogen and oxygen atoms in total. The second-order valence-electron chi connectivity index (χ2n) is 4.91. The summed E-state index contributed by atoms with van der Waals surface area (Å²) >= 11 is 0. The first-order chi connectivity index (χ1) is 7.04. The Kier molecular flexibility index (Phi) is 2.34. The SMILES string of the molecule is CCC(C)(C)n1ccc2ccc(C)cc21. The molecular weight excluding hydrogens is 182 g/mol. The number of fused-ring (bicyclic) bond motifs is 1. The molecule has 0 aliphatic carbocycles. The number of aryl methyl sites for hydroxylation is 1.